The number of anilines is 2. The van der Waals surface area contributed by atoms with Crippen LogP contribution in [-0.4, -0.2) is 60.2 Å². The van der Waals surface area contributed by atoms with Crippen molar-refractivity contribution in [3.8, 4) is 0 Å². The molecule has 0 unspecified atom stereocenters. The standard InChI is InChI=1S/C34H36N4O4S/c1-25-7-4-8-26(19-25)20-32(39)28-9-5-10-29(22-28)33(40)21-27-23-35-34(36-24-27)37-30-11-13-31(14-12-30)43(41,42)18-6-17-38-15-2-3-16-38/h4-5,7-14,19,22-24H,2-3,6,15-18,20-21H2,1H3,(H,35,36,37). The average molecular weight is 597 g/mol. The summed E-state index contributed by atoms with van der Waals surface area (Å²) in [6.07, 6.45) is 6.55. The molecule has 4 aromatic rings. The molecule has 3 aromatic carbocycles. The van der Waals surface area contributed by atoms with Crippen LogP contribution in [0.3, 0.4) is 0 Å². The van der Waals surface area contributed by atoms with Crippen LogP contribution in [0.4, 0.5) is 11.6 Å². The molecule has 0 spiro atoms. The van der Waals surface area contributed by atoms with E-state index in [1.54, 1.807) is 60.9 Å². The molecule has 2 heterocycles. The first kappa shape index (κ1) is 30.3. The number of likely N-dealkylation sites (tertiary alicyclic amines) is 1. The van der Waals surface area contributed by atoms with E-state index in [2.05, 4.69) is 20.2 Å². The van der Waals surface area contributed by atoms with Gasteiger partial charge in [0.15, 0.2) is 21.4 Å². The zero-order valence-corrected chi connectivity index (χ0v) is 25.1. The fourth-order valence-corrected chi connectivity index (χ4v) is 6.55. The van der Waals surface area contributed by atoms with Crippen LogP contribution in [0.1, 0.15) is 56.7 Å². The number of aromatic nitrogens is 2. The highest BCUT2D eigenvalue weighted by molar-refractivity contribution is 7.91. The second-order valence-corrected chi connectivity index (χ2v) is 13.2. The fraction of sp³-hybridized carbons (Fsp3) is 0.294. The van der Waals surface area contributed by atoms with Gasteiger partial charge in [-0.25, -0.2) is 18.4 Å². The lowest BCUT2D eigenvalue weighted by molar-refractivity contribution is 0.0991. The van der Waals surface area contributed by atoms with Crippen LogP contribution < -0.4 is 5.32 Å². The van der Waals surface area contributed by atoms with Crippen LogP contribution in [0.15, 0.2) is 90.1 Å². The number of carbonyl (C=O) groups is 2. The molecule has 1 aromatic heterocycles. The first-order chi connectivity index (χ1) is 20.7. The number of hydrogen-bond acceptors (Lipinski definition) is 8. The number of aryl methyl sites for hydroxylation is 1. The van der Waals surface area contributed by atoms with Crippen LogP contribution in [0.25, 0.3) is 0 Å². The third-order valence-electron chi connectivity index (χ3n) is 7.58. The van der Waals surface area contributed by atoms with Gasteiger partial charge in [0.05, 0.1) is 10.6 Å². The summed E-state index contributed by atoms with van der Waals surface area (Å²) >= 11 is 0. The number of rotatable bonds is 13. The van der Waals surface area contributed by atoms with Gasteiger partial charge in [-0.15, -0.1) is 0 Å². The molecule has 0 radical (unpaired) electrons. The number of benzene rings is 3. The number of hydrogen-bond donors (Lipinski definition) is 1. The Labute approximate surface area is 253 Å². The fourth-order valence-electron chi connectivity index (χ4n) is 5.25. The molecule has 1 aliphatic heterocycles. The quantitative estimate of drug-likeness (QED) is 0.198. The van der Waals surface area contributed by atoms with Gasteiger partial charge in [0.2, 0.25) is 5.95 Å². The maximum Gasteiger partial charge on any atom is 0.227 e. The molecule has 9 heteroatoms. The Morgan fingerprint density at radius 3 is 2.09 bits per heavy atom. The minimum absolute atomic E-state index is 0.0397. The summed E-state index contributed by atoms with van der Waals surface area (Å²) in [6.45, 7) is 4.93. The van der Waals surface area contributed by atoms with Gasteiger partial charge in [-0.05, 0) is 87.3 Å². The van der Waals surface area contributed by atoms with Gasteiger partial charge in [0, 0.05) is 42.0 Å². The molecule has 8 nitrogen and oxygen atoms in total. The third kappa shape index (κ3) is 8.43. The molecule has 0 saturated carbocycles. The molecule has 1 N–H and O–H groups in total. The predicted octanol–water partition coefficient (Wildman–Crippen LogP) is 5.64. The Kier molecular flexibility index (Phi) is 9.74. The van der Waals surface area contributed by atoms with Gasteiger partial charge < -0.3 is 10.2 Å². The van der Waals surface area contributed by atoms with Gasteiger partial charge >= 0.3 is 0 Å². The van der Waals surface area contributed by atoms with Crippen LogP contribution >= 0.6 is 0 Å². The number of Topliss-reactive ketones (excluding diaryl/α,β-unsaturated/α-hetero) is 2. The van der Waals surface area contributed by atoms with E-state index in [1.807, 2.05) is 31.2 Å². The number of ketones is 2. The van der Waals surface area contributed by atoms with E-state index in [4.69, 9.17) is 0 Å². The summed E-state index contributed by atoms with van der Waals surface area (Å²) in [5.74, 6) is 0.295. The normalized spacial score (nSPS) is 13.6. The van der Waals surface area contributed by atoms with E-state index in [-0.39, 0.29) is 30.2 Å². The second kappa shape index (κ2) is 13.8. The number of sulfone groups is 1. The highest BCUT2D eigenvalue weighted by atomic mass is 32.2. The lowest BCUT2D eigenvalue weighted by atomic mass is 9.98. The number of nitrogens with one attached hydrogen (secondary N) is 1. The smallest absolute Gasteiger partial charge is 0.227 e. The zero-order valence-electron chi connectivity index (χ0n) is 24.3. The van der Waals surface area contributed by atoms with Crippen molar-refractivity contribution in [3.05, 3.63) is 113 Å². The van der Waals surface area contributed by atoms with Crippen LogP contribution in [-0.2, 0) is 22.7 Å². The van der Waals surface area contributed by atoms with Crippen molar-refractivity contribution in [2.75, 3.05) is 30.7 Å². The van der Waals surface area contributed by atoms with E-state index in [0.717, 1.165) is 30.8 Å². The SMILES string of the molecule is Cc1cccc(CC(=O)c2cccc(C(=O)Cc3cnc(Nc4ccc(S(=O)(=O)CCCN5CCCC5)cc4)nc3)c2)c1. The molecular weight excluding hydrogens is 560 g/mol. The van der Waals surface area contributed by atoms with Crippen molar-refractivity contribution in [1.82, 2.24) is 14.9 Å². The average Bonchev–Trinajstić information content (AvgIpc) is 3.52. The molecule has 1 fully saturated rings. The molecule has 0 bridgehead atoms. The minimum Gasteiger partial charge on any atom is -0.324 e. The lowest BCUT2D eigenvalue weighted by Crippen LogP contribution is -2.22. The summed E-state index contributed by atoms with van der Waals surface area (Å²) < 4.78 is 25.5. The van der Waals surface area contributed by atoms with Gasteiger partial charge in [-0.1, -0.05) is 48.0 Å². The first-order valence-electron chi connectivity index (χ1n) is 14.6. The minimum atomic E-state index is -3.34. The van der Waals surface area contributed by atoms with Crippen LogP contribution in [0, 0.1) is 6.92 Å². The van der Waals surface area contributed by atoms with Gasteiger partial charge in [-0.2, -0.15) is 0 Å². The Morgan fingerprint density at radius 1 is 0.814 bits per heavy atom. The maximum atomic E-state index is 13.0. The van der Waals surface area contributed by atoms with Gasteiger partial charge in [0.1, 0.15) is 0 Å². The first-order valence-corrected chi connectivity index (χ1v) is 16.3. The van der Waals surface area contributed by atoms with E-state index in [0.29, 0.717) is 39.6 Å². The summed E-state index contributed by atoms with van der Waals surface area (Å²) in [5.41, 5.74) is 4.30. The van der Waals surface area contributed by atoms with Crippen LogP contribution in [0.2, 0.25) is 0 Å². The van der Waals surface area contributed by atoms with Crippen molar-refractivity contribution in [1.29, 1.82) is 0 Å². The predicted molar refractivity (Wildman–Crippen MR) is 168 cm³/mol. The summed E-state index contributed by atoms with van der Waals surface area (Å²) in [6, 6.07) is 21.2. The summed E-state index contributed by atoms with van der Waals surface area (Å²) in [4.78, 5) is 37.1. The monoisotopic (exact) mass is 596 g/mol. The molecule has 222 valence electrons. The van der Waals surface area contributed by atoms with Crippen molar-refractivity contribution in [2.24, 2.45) is 0 Å². The van der Waals surface area contributed by atoms with E-state index in [9.17, 15) is 18.0 Å². The Bertz CT molecular complexity index is 1680. The molecule has 0 atom stereocenters. The number of carbonyl (C=O) groups excluding carboxylic acids is 2. The Morgan fingerprint density at radius 2 is 1.44 bits per heavy atom. The summed E-state index contributed by atoms with van der Waals surface area (Å²) in [5, 5.41) is 3.07. The highest BCUT2D eigenvalue weighted by Crippen LogP contribution is 2.19. The van der Waals surface area contributed by atoms with E-state index >= 15 is 0 Å². The Balaban J connectivity index is 1.14. The Hall–Kier alpha value is -4.21. The van der Waals surface area contributed by atoms with E-state index < -0.39 is 9.84 Å². The second-order valence-electron chi connectivity index (χ2n) is 11.1. The number of nitrogens with zero attached hydrogens (tertiary/aromatic N) is 3. The van der Waals surface area contributed by atoms with Crippen LogP contribution in [0.5, 0.6) is 0 Å². The maximum absolute atomic E-state index is 13.0. The molecule has 1 saturated heterocycles. The largest absolute Gasteiger partial charge is 0.324 e. The van der Waals surface area contributed by atoms with E-state index in [1.165, 1.54) is 12.8 Å². The summed E-state index contributed by atoms with van der Waals surface area (Å²) in [7, 11) is -3.34. The van der Waals surface area contributed by atoms with Gasteiger partial charge in [0.25, 0.3) is 0 Å². The van der Waals surface area contributed by atoms with Crippen molar-refractivity contribution in [3.63, 3.8) is 0 Å². The molecule has 5 rings (SSSR count). The molecule has 0 aliphatic carbocycles. The molecule has 1 aliphatic rings. The topological polar surface area (TPSA) is 109 Å². The van der Waals surface area contributed by atoms with Crippen molar-refractivity contribution >= 4 is 33.0 Å². The lowest BCUT2D eigenvalue weighted by Gasteiger charge is -2.14. The third-order valence-corrected chi connectivity index (χ3v) is 9.40. The van der Waals surface area contributed by atoms with Crippen molar-refractivity contribution < 1.29 is 18.0 Å². The molecule has 43 heavy (non-hydrogen) atoms. The van der Waals surface area contributed by atoms with Crippen molar-refractivity contribution in [2.45, 2.75) is 43.9 Å². The highest BCUT2D eigenvalue weighted by Gasteiger charge is 2.17. The molecule has 0 amide bonds. The van der Waals surface area contributed by atoms with Gasteiger partial charge in [-0.3, -0.25) is 9.59 Å². The zero-order chi connectivity index (χ0) is 30.2. The molecular formula is C34H36N4O4S.